The summed E-state index contributed by atoms with van der Waals surface area (Å²) >= 11 is 0. The van der Waals surface area contributed by atoms with E-state index < -0.39 is 20.5 Å². The van der Waals surface area contributed by atoms with Gasteiger partial charge in [0.05, 0.1) is 11.7 Å². The molecule has 7 nitrogen and oxygen atoms in total. The van der Waals surface area contributed by atoms with Gasteiger partial charge < -0.3 is 15.5 Å². The zero-order valence-corrected chi connectivity index (χ0v) is 15.9. The summed E-state index contributed by atoms with van der Waals surface area (Å²) < 4.78 is 23.8. The predicted octanol–water partition coefficient (Wildman–Crippen LogP) is 0.694. The Morgan fingerprint density at radius 1 is 1.27 bits per heavy atom. The van der Waals surface area contributed by atoms with Crippen LogP contribution in [0.25, 0.3) is 0 Å². The van der Waals surface area contributed by atoms with E-state index in [0.29, 0.717) is 13.0 Å². The highest BCUT2D eigenvalue weighted by Crippen LogP contribution is 2.44. The second-order valence-electron chi connectivity index (χ2n) is 7.03. The Morgan fingerprint density at radius 3 is 2.62 bits per heavy atom. The van der Waals surface area contributed by atoms with Crippen LogP contribution in [0.5, 0.6) is 0 Å². The molecule has 142 valence electrons. The number of amides is 3. The van der Waals surface area contributed by atoms with Crippen molar-refractivity contribution in [3.8, 4) is 0 Å². The molecule has 1 unspecified atom stereocenters. The number of nitrogens with zero attached hydrogens (tertiary/aromatic N) is 1. The summed E-state index contributed by atoms with van der Waals surface area (Å²) in [6.07, 6.45) is 1.25. The molecule has 2 aliphatic heterocycles. The lowest BCUT2D eigenvalue weighted by Gasteiger charge is -2.49. The lowest BCUT2D eigenvalue weighted by Crippen LogP contribution is -2.71. The minimum absolute atomic E-state index is 0.00432. The Labute approximate surface area is 154 Å². The lowest BCUT2D eigenvalue weighted by atomic mass is 9.83. The predicted molar refractivity (Wildman–Crippen MR) is 98.3 cm³/mol. The van der Waals surface area contributed by atoms with Crippen molar-refractivity contribution in [3.05, 3.63) is 35.4 Å². The minimum Gasteiger partial charge on any atom is -0.359 e. The zero-order valence-electron chi connectivity index (χ0n) is 15.1. The van der Waals surface area contributed by atoms with Gasteiger partial charge in [0, 0.05) is 26.7 Å². The normalized spacial score (nSPS) is 22.7. The van der Waals surface area contributed by atoms with E-state index in [2.05, 4.69) is 17.6 Å². The number of likely N-dealkylation sites (tertiary alicyclic amines) is 1. The summed E-state index contributed by atoms with van der Waals surface area (Å²) in [5, 5.41) is 5.38. The Hall–Kier alpha value is -2.09. The van der Waals surface area contributed by atoms with Gasteiger partial charge in [-0.05, 0) is 24.0 Å². The third-order valence-electron chi connectivity index (χ3n) is 5.54. The molecule has 8 heteroatoms. The number of carbonyl (C=O) groups excluding carboxylic acids is 2. The molecule has 26 heavy (non-hydrogen) atoms. The maximum absolute atomic E-state index is 12.5. The van der Waals surface area contributed by atoms with Gasteiger partial charge in [-0.25, -0.2) is 13.2 Å². The first-order valence-corrected chi connectivity index (χ1v) is 10.5. The largest absolute Gasteiger partial charge is 0.359 e. The first kappa shape index (κ1) is 18.7. The lowest BCUT2D eigenvalue weighted by molar-refractivity contribution is -0.126. The van der Waals surface area contributed by atoms with Crippen LogP contribution in [0.2, 0.25) is 0 Å². The van der Waals surface area contributed by atoms with E-state index in [1.54, 1.807) is 0 Å². The highest BCUT2D eigenvalue weighted by Gasteiger charge is 2.64. The molecule has 0 bridgehead atoms. The SMILES string of the molecule is CCc1cccc(CNC(=O)N2CC3(C2)C(C(=O)NC)CCS3(=O)=O)c1. The first-order chi connectivity index (χ1) is 12.3. The smallest absolute Gasteiger partial charge is 0.317 e. The van der Waals surface area contributed by atoms with Crippen molar-refractivity contribution in [3.63, 3.8) is 0 Å². The van der Waals surface area contributed by atoms with E-state index in [0.717, 1.165) is 12.0 Å². The summed E-state index contributed by atoms with van der Waals surface area (Å²) in [5.74, 6) is -0.838. The molecule has 3 rings (SSSR count). The first-order valence-electron chi connectivity index (χ1n) is 8.87. The van der Waals surface area contributed by atoms with Crippen molar-refractivity contribution >= 4 is 21.8 Å². The molecule has 1 spiro atoms. The molecule has 2 N–H and O–H groups in total. The third kappa shape index (κ3) is 3.06. The molecule has 3 amide bonds. The van der Waals surface area contributed by atoms with E-state index in [1.165, 1.54) is 17.5 Å². The fraction of sp³-hybridized carbons (Fsp3) is 0.556. The Balaban J connectivity index is 1.62. The van der Waals surface area contributed by atoms with Gasteiger partial charge in [0.15, 0.2) is 9.84 Å². The van der Waals surface area contributed by atoms with Crippen LogP contribution < -0.4 is 10.6 Å². The monoisotopic (exact) mass is 379 g/mol. The van der Waals surface area contributed by atoms with Gasteiger partial charge in [-0.1, -0.05) is 31.2 Å². The second kappa shape index (κ2) is 6.90. The van der Waals surface area contributed by atoms with Crippen LogP contribution in [-0.4, -0.2) is 55.9 Å². The van der Waals surface area contributed by atoms with E-state index in [1.807, 2.05) is 24.3 Å². The van der Waals surface area contributed by atoms with Crippen LogP contribution in [0, 0.1) is 5.92 Å². The number of nitrogens with one attached hydrogen (secondary N) is 2. The molecule has 0 radical (unpaired) electrons. The molecule has 2 fully saturated rings. The van der Waals surface area contributed by atoms with E-state index in [-0.39, 0.29) is 30.8 Å². The molecule has 0 aromatic heterocycles. The second-order valence-corrected chi connectivity index (χ2v) is 9.48. The topological polar surface area (TPSA) is 95.6 Å². The van der Waals surface area contributed by atoms with Gasteiger partial charge in [-0.15, -0.1) is 0 Å². The fourth-order valence-electron chi connectivity index (χ4n) is 3.91. The molecule has 2 heterocycles. The van der Waals surface area contributed by atoms with Crippen LogP contribution in [-0.2, 0) is 27.6 Å². The molecule has 1 aromatic rings. The van der Waals surface area contributed by atoms with E-state index in [4.69, 9.17) is 0 Å². The van der Waals surface area contributed by atoms with Crippen molar-refractivity contribution in [1.29, 1.82) is 0 Å². The van der Waals surface area contributed by atoms with Crippen molar-refractivity contribution in [2.24, 2.45) is 5.92 Å². The number of hydrogen-bond donors (Lipinski definition) is 2. The molecule has 2 saturated heterocycles. The maximum Gasteiger partial charge on any atom is 0.317 e. The van der Waals surface area contributed by atoms with Crippen molar-refractivity contribution < 1.29 is 18.0 Å². The number of urea groups is 1. The summed E-state index contributed by atoms with van der Waals surface area (Å²) in [6.45, 7) is 2.62. The van der Waals surface area contributed by atoms with Crippen LogP contribution >= 0.6 is 0 Å². The number of rotatable bonds is 4. The van der Waals surface area contributed by atoms with E-state index >= 15 is 0 Å². The highest BCUT2D eigenvalue weighted by atomic mass is 32.2. The molecule has 0 saturated carbocycles. The third-order valence-corrected chi connectivity index (χ3v) is 8.09. The number of sulfone groups is 1. The van der Waals surface area contributed by atoms with Crippen molar-refractivity contribution in [2.45, 2.75) is 31.1 Å². The Bertz CT molecular complexity index is 815. The van der Waals surface area contributed by atoms with Crippen molar-refractivity contribution in [2.75, 3.05) is 25.9 Å². The molecule has 1 aromatic carbocycles. The standard InChI is InChI=1S/C18H25N3O4S/c1-3-13-5-4-6-14(9-13)10-20-17(23)21-11-18(12-21)15(16(22)19-2)7-8-26(18,24)25/h4-6,9,15H,3,7-8,10-12H2,1-2H3,(H,19,22)(H,20,23). The molecule has 1 atom stereocenters. The van der Waals surface area contributed by atoms with Gasteiger partial charge in [0.2, 0.25) is 5.91 Å². The molecular weight excluding hydrogens is 354 g/mol. The number of aryl methyl sites for hydroxylation is 1. The maximum atomic E-state index is 12.5. The van der Waals surface area contributed by atoms with Crippen LogP contribution in [0.1, 0.15) is 24.5 Å². The Morgan fingerprint density at radius 2 is 1.96 bits per heavy atom. The average molecular weight is 379 g/mol. The highest BCUT2D eigenvalue weighted by molar-refractivity contribution is 7.93. The molecule has 0 aliphatic carbocycles. The number of carbonyl (C=O) groups is 2. The summed E-state index contributed by atoms with van der Waals surface area (Å²) in [7, 11) is -1.87. The minimum atomic E-state index is -3.38. The Kier molecular flexibility index (Phi) is 4.96. The van der Waals surface area contributed by atoms with E-state index in [9.17, 15) is 18.0 Å². The van der Waals surface area contributed by atoms with Crippen LogP contribution in [0.3, 0.4) is 0 Å². The van der Waals surface area contributed by atoms with Gasteiger partial charge in [-0.3, -0.25) is 4.79 Å². The average Bonchev–Trinajstić information content (AvgIpc) is 2.89. The summed E-state index contributed by atoms with van der Waals surface area (Å²) in [6, 6.07) is 7.68. The summed E-state index contributed by atoms with van der Waals surface area (Å²) in [5.41, 5.74) is 2.20. The quantitative estimate of drug-likeness (QED) is 0.805. The van der Waals surface area contributed by atoms with Crippen LogP contribution in [0.4, 0.5) is 4.79 Å². The van der Waals surface area contributed by atoms with Crippen LogP contribution in [0.15, 0.2) is 24.3 Å². The zero-order chi connectivity index (χ0) is 18.9. The van der Waals surface area contributed by atoms with Gasteiger partial charge in [-0.2, -0.15) is 0 Å². The number of benzene rings is 1. The van der Waals surface area contributed by atoms with Gasteiger partial charge in [0.25, 0.3) is 0 Å². The molecule has 2 aliphatic rings. The fourth-order valence-corrected chi connectivity index (χ4v) is 6.23. The molecular formula is C18H25N3O4S. The van der Waals surface area contributed by atoms with Gasteiger partial charge >= 0.3 is 6.03 Å². The summed E-state index contributed by atoms with van der Waals surface area (Å²) in [4.78, 5) is 25.9. The number of hydrogen-bond acceptors (Lipinski definition) is 4. The van der Waals surface area contributed by atoms with Gasteiger partial charge in [0.1, 0.15) is 4.75 Å². The van der Waals surface area contributed by atoms with Crippen molar-refractivity contribution in [1.82, 2.24) is 15.5 Å².